The van der Waals surface area contributed by atoms with Gasteiger partial charge in [-0.2, -0.15) is 0 Å². The molecule has 0 spiro atoms. The molecule has 0 saturated carbocycles. The summed E-state index contributed by atoms with van der Waals surface area (Å²) >= 11 is 0. The predicted octanol–water partition coefficient (Wildman–Crippen LogP) is 3.81. The van der Waals surface area contributed by atoms with Gasteiger partial charge in [-0.25, -0.2) is 0 Å². The first kappa shape index (κ1) is 16.7. The summed E-state index contributed by atoms with van der Waals surface area (Å²) in [7, 11) is 0. The van der Waals surface area contributed by atoms with Crippen molar-refractivity contribution in [3.63, 3.8) is 0 Å². The van der Waals surface area contributed by atoms with Crippen LogP contribution in [0, 0.1) is 0 Å². The zero-order chi connectivity index (χ0) is 14.1. The summed E-state index contributed by atoms with van der Waals surface area (Å²) in [5, 5.41) is 9.25. The van der Waals surface area contributed by atoms with Crippen LogP contribution in [0.15, 0.2) is 12.2 Å². The molecule has 1 N–H and O–H groups in total. The van der Waals surface area contributed by atoms with Crippen molar-refractivity contribution in [3.05, 3.63) is 12.2 Å². The van der Waals surface area contributed by atoms with Gasteiger partial charge in [-0.3, -0.25) is 0 Å². The third-order valence-corrected chi connectivity index (χ3v) is 3.45. The molecule has 1 saturated heterocycles. The molecular formula is C16H30O3. The van der Waals surface area contributed by atoms with Crippen LogP contribution in [0.5, 0.6) is 0 Å². The van der Waals surface area contributed by atoms with Crippen molar-refractivity contribution < 1.29 is 14.6 Å². The van der Waals surface area contributed by atoms with Crippen molar-refractivity contribution in [2.24, 2.45) is 0 Å². The highest BCUT2D eigenvalue weighted by Gasteiger charge is 2.39. The highest BCUT2D eigenvalue weighted by atomic mass is 16.8. The Morgan fingerprint density at radius 3 is 2.42 bits per heavy atom. The van der Waals surface area contributed by atoms with E-state index in [-0.39, 0.29) is 18.8 Å². The summed E-state index contributed by atoms with van der Waals surface area (Å²) in [4.78, 5) is 0. The minimum absolute atomic E-state index is 0.00938. The van der Waals surface area contributed by atoms with Crippen LogP contribution < -0.4 is 0 Å². The normalized spacial score (nSPS) is 26.3. The summed E-state index contributed by atoms with van der Waals surface area (Å²) < 4.78 is 11.4. The van der Waals surface area contributed by atoms with Crippen LogP contribution in [0.25, 0.3) is 0 Å². The van der Waals surface area contributed by atoms with Gasteiger partial charge in [-0.1, -0.05) is 51.2 Å². The van der Waals surface area contributed by atoms with Gasteiger partial charge in [0.25, 0.3) is 0 Å². The molecule has 0 aromatic rings. The summed E-state index contributed by atoms with van der Waals surface area (Å²) in [5.41, 5.74) is 0. The fourth-order valence-corrected chi connectivity index (χ4v) is 2.44. The van der Waals surface area contributed by atoms with Crippen molar-refractivity contribution in [1.29, 1.82) is 0 Å². The molecule has 1 aliphatic rings. The summed E-state index contributed by atoms with van der Waals surface area (Å²) in [6.07, 6.45) is 12.9. The van der Waals surface area contributed by atoms with E-state index in [0.717, 1.165) is 6.42 Å². The second-order valence-electron chi connectivity index (χ2n) is 5.81. The molecule has 1 fully saturated rings. The van der Waals surface area contributed by atoms with Gasteiger partial charge < -0.3 is 14.6 Å². The fraction of sp³-hybridized carbons (Fsp3) is 0.875. The number of hydrogen-bond acceptors (Lipinski definition) is 3. The molecule has 0 aromatic heterocycles. The first-order valence-corrected chi connectivity index (χ1v) is 7.72. The van der Waals surface area contributed by atoms with Crippen LogP contribution in [0.1, 0.15) is 65.7 Å². The van der Waals surface area contributed by atoms with E-state index < -0.39 is 5.79 Å². The van der Waals surface area contributed by atoms with Gasteiger partial charge >= 0.3 is 0 Å². The Balaban J connectivity index is 2.14. The number of rotatable bonds is 9. The van der Waals surface area contributed by atoms with Gasteiger partial charge in [0.15, 0.2) is 5.79 Å². The number of aliphatic hydroxyl groups is 1. The Labute approximate surface area is 118 Å². The standard InChI is InChI=1S/C16H30O3/c1-4-5-6-7-8-9-10-11-12-14-15(13-17)19-16(2,3)18-14/h11-12,14-15,17H,4-10,13H2,1-3H3/b12-11-/t14-,15+/m0/s1. The maximum absolute atomic E-state index is 9.25. The minimum Gasteiger partial charge on any atom is -0.394 e. The van der Waals surface area contributed by atoms with Crippen molar-refractivity contribution in [3.8, 4) is 0 Å². The first-order chi connectivity index (χ1) is 9.09. The summed E-state index contributed by atoms with van der Waals surface area (Å²) in [6, 6.07) is 0. The molecule has 0 radical (unpaired) electrons. The lowest BCUT2D eigenvalue weighted by molar-refractivity contribution is -0.146. The van der Waals surface area contributed by atoms with E-state index >= 15 is 0 Å². The highest BCUT2D eigenvalue weighted by molar-refractivity contribution is 4.97. The maximum atomic E-state index is 9.25. The minimum atomic E-state index is -0.581. The van der Waals surface area contributed by atoms with E-state index in [1.807, 2.05) is 19.9 Å². The third-order valence-electron chi connectivity index (χ3n) is 3.45. The van der Waals surface area contributed by atoms with Crippen molar-refractivity contribution >= 4 is 0 Å². The molecule has 0 unspecified atom stereocenters. The summed E-state index contributed by atoms with van der Waals surface area (Å²) in [5.74, 6) is -0.581. The first-order valence-electron chi connectivity index (χ1n) is 7.72. The number of allylic oxidation sites excluding steroid dienone is 1. The van der Waals surface area contributed by atoms with E-state index in [4.69, 9.17) is 9.47 Å². The van der Waals surface area contributed by atoms with E-state index in [1.54, 1.807) is 0 Å². The van der Waals surface area contributed by atoms with Gasteiger partial charge in [0.05, 0.1) is 6.61 Å². The molecule has 0 aromatic carbocycles. The highest BCUT2D eigenvalue weighted by Crippen LogP contribution is 2.28. The molecule has 0 amide bonds. The number of hydrogen-bond donors (Lipinski definition) is 1. The lowest BCUT2D eigenvalue weighted by Gasteiger charge is -2.15. The Hall–Kier alpha value is -0.380. The molecule has 3 nitrogen and oxygen atoms in total. The van der Waals surface area contributed by atoms with Gasteiger partial charge in [0, 0.05) is 0 Å². The monoisotopic (exact) mass is 270 g/mol. The van der Waals surface area contributed by atoms with Crippen LogP contribution in [0.3, 0.4) is 0 Å². The second-order valence-corrected chi connectivity index (χ2v) is 5.81. The zero-order valence-corrected chi connectivity index (χ0v) is 12.7. The van der Waals surface area contributed by atoms with Crippen molar-refractivity contribution in [2.75, 3.05) is 6.61 Å². The Morgan fingerprint density at radius 1 is 1.05 bits per heavy atom. The number of aliphatic hydroxyl groups excluding tert-OH is 1. The Bertz CT molecular complexity index is 261. The number of unbranched alkanes of at least 4 members (excludes halogenated alkanes) is 6. The molecular weight excluding hydrogens is 240 g/mol. The predicted molar refractivity (Wildman–Crippen MR) is 78.0 cm³/mol. The lowest BCUT2D eigenvalue weighted by Crippen LogP contribution is -2.24. The maximum Gasteiger partial charge on any atom is 0.164 e. The molecule has 2 atom stereocenters. The molecule has 0 aliphatic carbocycles. The van der Waals surface area contributed by atoms with E-state index in [0.29, 0.717) is 0 Å². The zero-order valence-electron chi connectivity index (χ0n) is 12.7. The third kappa shape index (κ3) is 6.55. The fourth-order valence-electron chi connectivity index (χ4n) is 2.44. The van der Waals surface area contributed by atoms with Gasteiger partial charge in [0.2, 0.25) is 0 Å². The van der Waals surface area contributed by atoms with Crippen LogP contribution in [-0.4, -0.2) is 29.7 Å². The Kier molecular flexibility index (Phi) is 7.66. The molecule has 3 heteroatoms. The van der Waals surface area contributed by atoms with E-state index in [2.05, 4.69) is 13.0 Å². The van der Waals surface area contributed by atoms with Crippen molar-refractivity contribution in [2.45, 2.75) is 83.7 Å². The Morgan fingerprint density at radius 2 is 1.74 bits per heavy atom. The van der Waals surface area contributed by atoms with Gasteiger partial charge in [-0.05, 0) is 26.7 Å². The summed E-state index contributed by atoms with van der Waals surface area (Å²) in [6.45, 7) is 6.02. The van der Waals surface area contributed by atoms with Gasteiger partial charge in [0.1, 0.15) is 12.2 Å². The smallest absolute Gasteiger partial charge is 0.164 e. The second kappa shape index (κ2) is 8.72. The van der Waals surface area contributed by atoms with Crippen LogP contribution in [-0.2, 0) is 9.47 Å². The number of ether oxygens (including phenoxy) is 2. The molecule has 112 valence electrons. The largest absolute Gasteiger partial charge is 0.394 e. The molecule has 1 heterocycles. The molecule has 1 rings (SSSR count). The molecule has 19 heavy (non-hydrogen) atoms. The van der Waals surface area contributed by atoms with Crippen LogP contribution in [0.4, 0.5) is 0 Å². The van der Waals surface area contributed by atoms with Crippen LogP contribution >= 0.6 is 0 Å². The lowest BCUT2D eigenvalue weighted by atomic mass is 10.1. The molecule has 1 aliphatic heterocycles. The SMILES string of the molecule is CCCCCCCC/C=C\[C@@H]1OC(C)(C)O[C@@H]1CO. The average Bonchev–Trinajstić information content (AvgIpc) is 2.67. The quantitative estimate of drug-likeness (QED) is 0.511. The molecule has 0 bridgehead atoms. The van der Waals surface area contributed by atoms with E-state index in [1.165, 1.54) is 38.5 Å². The van der Waals surface area contributed by atoms with Crippen molar-refractivity contribution in [1.82, 2.24) is 0 Å². The van der Waals surface area contributed by atoms with Crippen LogP contribution in [0.2, 0.25) is 0 Å². The van der Waals surface area contributed by atoms with E-state index in [9.17, 15) is 5.11 Å². The van der Waals surface area contributed by atoms with Gasteiger partial charge in [-0.15, -0.1) is 0 Å². The average molecular weight is 270 g/mol. The topological polar surface area (TPSA) is 38.7 Å².